The summed E-state index contributed by atoms with van der Waals surface area (Å²) in [5.74, 6) is -2.82. The molecule has 0 bridgehead atoms. The van der Waals surface area contributed by atoms with Gasteiger partial charge in [0.2, 0.25) is 11.6 Å². The Hall–Kier alpha value is -1.33. The Labute approximate surface area is 195 Å². The molecular formula is C12H13ClN5NaO8S2. The summed E-state index contributed by atoms with van der Waals surface area (Å²) in [7, 11) is -2.90. The predicted octanol–water partition coefficient (Wildman–Crippen LogP) is -4.13. The summed E-state index contributed by atoms with van der Waals surface area (Å²) < 4.78 is 37.9. The van der Waals surface area contributed by atoms with E-state index < -0.39 is 46.0 Å². The molecule has 3 amide bonds. The zero-order chi connectivity index (χ0) is 21.3. The fourth-order valence-corrected chi connectivity index (χ4v) is 3.90. The molecule has 1 atom stereocenters. The molecule has 29 heavy (non-hydrogen) atoms. The monoisotopic (exact) mass is 477 g/mol. The van der Waals surface area contributed by atoms with Gasteiger partial charge in [-0.3, -0.25) is 14.4 Å². The van der Waals surface area contributed by atoms with Crippen molar-refractivity contribution in [1.82, 2.24) is 14.6 Å². The molecule has 0 aromatic carbocycles. The second-order valence-corrected chi connectivity index (χ2v) is 8.08. The second-order valence-electron chi connectivity index (χ2n) is 5.20. The van der Waals surface area contributed by atoms with Crippen LogP contribution >= 0.6 is 22.9 Å². The number of halogens is 1. The number of rotatable bonds is 7. The van der Waals surface area contributed by atoms with E-state index >= 15 is 0 Å². The summed E-state index contributed by atoms with van der Waals surface area (Å²) in [5, 5.41) is 8.17. The topological polar surface area (TPSA) is 179 Å². The van der Waals surface area contributed by atoms with Gasteiger partial charge in [0.05, 0.1) is 6.54 Å². The zero-order valence-corrected chi connectivity index (χ0v) is 19.9. The van der Waals surface area contributed by atoms with Gasteiger partial charge in [0.25, 0.3) is 11.8 Å². The van der Waals surface area contributed by atoms with E-state index in [-0.39, 0.29) is 49.0 Å². The van der Waals surface area contributed by atoms with Crippen LogP contribution in [-0.2, 0) is 34.3 Å². The first kappa shape index (κ1) is 25.7. The number of amides is 3. The van der Waals surface area contributed by atoms with Crippen LogP contribution in [0, 0.1) is 0 Å². The van der Waals surface area contributed by atoms with E-state index in [2.05, 4.69) is 25.6 Å². The zero-order valence-electron chi connectivity index (χ0n) is 15.5. The molecule has 1 aromatic rings. The average molecular weight is 478 g/mol. The third-order valence-electron chi connectivity index (χ3n) is 3.38. The van der Waals surface area contributed by atoms with E-state index in [4.69, 9.17) is 16.3 Å². The Morgan fingerprint density at radius 3 is 2.48 bits per heavy atom. The second kappa shape index (κ2) is 9.65. The first-order chi connectivity index (χ1) is 12.9. The minimum atomic E-state index is -5.06. The van der Waals surface area contributed by atoms with E-state index in [1.54, 1.807) is 0 Å². The fourth-order valence-electron chi connectivity index (χ4n) is 2.15. The van der Waals surface area contributed by atoms with E-state index in [9.17, 15) is 27.4 Å². The fraction of sp³-hybridized carbons (Fsp3) is 0.417. The van der Waals surface area contributed by atoms with Gasteiger partial charge in [0.1, 0.15) is 17.8 Å². The predicted molar refractivity (Wildman–Crippen MR) is 94.3 cm³/mol. The molecule has 1 saturated heterocycles. The van der Waals surface area contributed by atoms with Crippen LogP contribution in [0.4, 0.5) is 5.00 Å². The van der Waals surface area contributed by atoms with Crippen LogP contribution in [0.15, 0.2) is 5.16 Å². The smallest absolute Gasteiger partial charge is 0.731 e. The number of nitrogens with one attached hydrogen (secondary N) is 2. The van der Waals surface area contributed by atoms with E-state index in [0.29, 0.717) is 0 Å². The largest absolute Gasteiger partial charge is 1.00 e. The van der Waals surface area contributed by atoms with Gasteiger partial charge >= 0.3 is 29.6 Å². The van der Waals surface area contributed by atoms with Crippen molar-refractivity contribution in [3.8, 4) is 0 Å². The van der Waals surface area contributed by atoms with Crippen LogP contribution in [0.25, 0.3) is 0 Å². The number of β-lactam (4-membered cyclic amide) rings is 1. The number of anilines is 1. The molecule has 0 spiro atoms. The molecule has 1 aliphatic rings. The number of methoxy groups -OCH3 is 1. The molecule has 13 nitrogen and oxygen atoms in total. The quantitative estimate of drug-likeness (QED) is 0.0984. The standard InChI is InChI=1S/C12H14ClN5O8S2.Na/c1-5(19)14-9-7(15-11(13)27-9)6(17-26-3)8(20)16-12(25-2)4-18(10(12)21)28(22,23)24;/h4H2,1-3H3,(H,14,19)(H,16,20)(H,22,23,24);/q;+1/p-1. The van der Waals surface area contributed by atoms with Gasteiger partial charge in [-0.2, -0.15) is 0 Å². The van der Waals surface area contributed by atoms with Crippen molar-refractivity contribution >= 4 is 61.7 Å². The molecule has 1 unspecified atom stereocenters. The van der Waals surface area contributed by atoms with Crippen molar-refractivity contribution in [2.75, 3.05) is 26.1 Å². The number of nitrogens with zero attached hydrogens (tertiary/aromatic N) is 3. The molecule has 0 aliphatic carbocycles. The Kier molecular flexibility index (Phi) is 8.56. The van der Waals surface area contributed by atoms with Crippen LogP contribution in [0.3, 0.4) is 0 Å². The molecule has 0 saturated carbocycles. The van der Waals surface area contributed by atoms with E-state index in [0.717, 1.165) is 25.6 Å². The summed E-state index contributed by atoms with van der Waals surface area (Å²) in [5.41, 5.74) is -2.74. The maximum atomic E-state index is 12.7. The molecule has 1 aliphatic heterocycles. The summed E-state index contributed by atoms with van der Waals surface area (Å²) >= 11 is 6.67. The van der Waals surface area contributed by atoms with Gasteiger partial charge in [0.15, 0.2) is 20.5 Å². The third kappa shape index (κ3) is 5.43. The van der Waals surface area contributed by atoms with Gasteiger partial charge in [-0.1, -0.05) is 28.1 Å². The first-order valence-electron chi connectivity index (χ1n) is 7.16. The maximum Gasteiger partial charge on any atom is 1.00 e. The molecule has 2 N–H and O–H groups in total. The van der Waals surface area contributed by atoms with Gasteiger partial charge in [-0.15, -0.1) is 0 Å². The number of carbonyl (C=O) groups is 3. The Balaban J connectivity index is 0.00000420. The van der Waals surface area contributed by atoms with Crippen LogP contribution in [0.2, 0.25) is 4.47 Å². The Bertz CT molecular complexity index is 967. The van der Waals surface area contributed by atoms with Gasteiger partial charge < -0.3 is 24.8 Å². The van der Waals surface area contributed by atoms with Crippen LogP contribution in [0.5, 0.6) is 0 Å². The van der Waals surface area contributed by atoms with Crippen LogP contribution in [-0.4, -0.2) is 72.2 Å². The number of carbonyl (C=O) groups excluding carboxylic acids is 3. The number of hydrogen-bond donors (Lipinski definition) is 2. The van der Waals surface area contributed by atoms with E-state index in [1.165, 1.54) is 6.92 Å². The van der Waals surface area contributed by atoms with Crippen LogP contribution in [0.1, 0.15) is 12.6 Å². The maximum absolute atomic E-state index is 12.7. The molecular weight excluding hydrogens is 465 g/mol. The van der Waals surface area contributed by atoms with Crippen molar-refractivity contribution in [1.29, 1.82) is 0 Å². The summed E-state index contributed by atoms with van der Waals surface area (Å²) in [6, 6.07) is 0. The van der Waals surface area contributed by atoms with Crippen molar-refractivity contribution in [2.45, 2.75) is 12.6 Å². The summed E-state index contributed by atoms with van der Waals surface area (Å²) in [4.78, 5) is 44.6. The molecule has 2 rings (SSSR count). The van der Waals surface area contributed by atoms with E-state index in [1.807, 2.05) is 0 Å². The number of oxime groups is 1. The SMILES string of the molecule is CON=C(C(=O)NC1(OC)CN(S(=O)(=O)[O-])C1=O)c1nc(Cl)sc1NC(C)=O.[Na+]. The normalized spacial score (nSPS) is 19.1. The molecule has 1 fully saturated rings. The summed E-state index contributed by atoms with van der Waals surface area (Å²) in [6.45, 7) is 0.478. The molecule has 17 heteroatoms. The Morgan fingerprint density at radius 2 is 2.03 bits per heavy atom. The van der Waals surface area contributed by atoms with Gasteiger partial charge in [-0.25, -0.2) is 17.7 Å². The van der Waals surface area contributed by atoms with Crippen molar-refractivity contribution in [3.05, 3.63) is 10.2 Å². The number of aromatic nitrogens is 1. The van der Waals surface area contributed by atoms with Crippen molar-refractivity contribution in [3.63, 3.8) is 0 Å². The van der Waals surface area contributed by atoms with Crippen LogP contribution < -0.4 is 40.2 Å². The van der Waals surface area contributed by atoms with Crippen molar-refractivity contribution < 1.29 is 66.5 Å². The minimum Gasteiger partial charge on any atom is -0.731 e. The average Bonchev–Trinajstić information content (AvgIpc) is 2.93. The molecule has 2 heterocycles. The number of ether oxygens (including phenoxy) is 1. The number of hydrogen-bond acceptors (Lipinski definition) is 11. The van der Waals surface area contributed by atoms with Gasteiger partial charge in [-0.05, 0) is 0 Å². The third-order valence-corrected chi connectivity index (χ3v) is 5.29. The first-order valence-corrected chi connectivity index (χ1v) is 9.72. The molecule has 154 valence electrons. The number of thiazole rings is 1. The molecule has 0 radical (unpaired) electrons. The minimum absolute atomic E-state index is 0. The Morgan fingerprint density at radius 1 is 1.41 bits per heavy atom. The summed E-state index contributed by atoms with van der Waals surface area (Å²) in [6.07, 6.45) is 0. The van der Waals surface area contributed by atoms with Gasteiger partial charge in [0, 0.05) is 14.0 Å². The van der Waals surface area contributed by atoms with Crippen molar-refractivity contribution in [2.24, 2.45) is 5.16 Å². The molecule has 1 aromatic heterocycles.